The van der Waals surface area contributed by atoms with Crippen LogP contribution in [0.15, 0.2) is 48.5 Å². The standard InChI is InChI=1S/C21H20N4O2/c1-13(2)27-21-19(24-17-9-4-5-10-18(17)25-21)16(12-22)20(26)23-15-8-6-7-14(3)11-15/h4-11,13,16H,1-3H3,(H,23,26)/t16-/m1/s1. The number of anilines is 1. The number of hydrogen-bond donors (Lipinski definition) is 1. The molecule has 0 radical (unpaired) electrons. The van der Waals surface area contributed by atoms with Crippen LogP contribution < -0.4 is 10.1 Å². The maximum atomic E-state index is 12.8. The molecule has 0 saturated carbocycles. The van der Waals surface area contributed by atoms with Crippen LogP contribution in [0.5, 0.6) is 5.88 Å². The van der Waals surface area contributed by atoms with Gasteiger partial charge in [0.25, 0.3) is 0 Å². The van der Waals surface area contributed by atoms with Crippen LogP contribution in [0.2, 0.25) is 0 Å². The molecule has 0 fully saturated rings. The minimum Gasteiger partial charge on any atom is -0.474 e. The van der Waals surface area contributed by atoms with E-state index in [4.69, 9.17) is 4.74 Å². The molecule has 6 nitrogen and oxygen atoms in total. The first-order valence-electron chi connectivity index (χ1n) is 8.68. The number of hydrogen-bond acceptors (Lipinski definition) is 5. The second kappa shape index (κ2) is 7.83. The van der Waals surface area contributed by atoms with Crippen molar-refractivity contribution in [3.63, 3.8) is 0 Å². The summed E-state index contributed by atoms with van der Waals surface area (Å²) in [7, 11) is 0. The molecule has 1 heterocycles. The number of fused-ring (bicyclic) bond motifs is 1. The summed E-state index contributed by atoms with van der Waals surface area (Å²) in [4.78, 5) is 21.8. The van der Waals surface area contributed by atoms with Crippen molar-refractivity contribution in [3.05, 3.63) is 59.8 Å². The molecule has 2 aromatic carbocycles. The van der Waals surface area contributed by atoms with E-state index >= 15 is 0 Å². The van der Waals surface area contributed by atoms with Gasteiger partial charge in [-0.15, -0.1) is 0 Å². The fourth-order valence-corrected chi connectivity index (χ4v) is 2.68. The van der Waals surface area contributed by atoms with Crippen molar-refractivity contribution in [2.24, 2.45) is 0 Å². The number of benzene rings is 2. The molecule has 1 atom stereocenters. The Kier molecular flexibility index (Phi) is 5.32. The highest BCUT2D eigenvalue weighted by atomic mass is 16.5. The predicted octanol–water partition coefficient (Wildman–Crippen LogP) is 3.97. The summed E-state index contributed by atoms with van der Waals surface area (Å²) in [6, 6.07) is 16.7. The summed E-state index contributed by atoms with van der Waals surface area (Å²) in [5, 5.41) is 12.5. The first-order valence-corrected chi connectivity index (χ1v) is 8.68. The Morgan fingerprint density at radius 3 is 2.44 bits per heavy atom. The van der Waals surface area contributed by atoms with Crippen molar-refractivity contribution in [3.8, 4) is 11.9 Å². The van der Waals surface area contributed by atoms with Crippen LogP contribution >= 0.6 is 0 Å². The lowest BCUT2D eigenvalue weighted by Crippen LogP contribution is -2.23. The molecular weight excluding hydrogens is 340 g/mol. The van der Waals surface area contributed by atoms with Crippen molar-refractivity contribution < 1.29 is 9.53 Å². The van der Waals surface area contributed by atoms with Gasteiger partial charge in [0.1, 0.15) is 5.69 Å². The average molecular weight is 360 g/mol. The number of nitrogens with zero attached hydrogens (tertiary/aromatic N) is 3. The summed E-state index contributed by atoms with van der Waals surface area (Å²) in [5.74, 6) is -1.41. The maximum Gasteiger partial charge on any atom is 0.248 e. The molecule has 0 unspecified atom stereocenters. The summed E-state index contributed by atoms with van der Waals surface area (Å²) < 4.78 is 5.75. The molecule has 27 heavy (non-hydrogen) atoms. The van der Waals surface area contributed by atoms with Gasteiger partial charge in [0, 0.05) is 5.69 Å². The molecule has 0 aliphatic rings. The SMILES string of the molecule is Cc1cccc(NC(=O)[C@H](C#N)c2nc3ccccc3nc2OC(C)C)c1. The highest BCUT2D eigenvalue weighted by Crippen LogP contribution is 2.27. The second-order valence-corrected chi connectivity index (χ2v) is 6.49. The summed E-state index contributed by atoms with van der Waals surface area (Å²) >= 11 is 0. The van der Waals surface area contributed by atoms with Crippen LogP contribution in [0.25, 0.3) is 11.0 Å². The van der Waals surface area contributed by atoms with Crippen LogP contribution in [-0.2, 0) is 4.79 Å². The molecule has 0 bridgehead atoms. The lowest BCUT2D eigenvalue weighted by atomic mass is 10.1. The predicted molar refractivity (Wildman–Crippen MR) is 103 cm³/mol. The molecule has 0 saturated heterocycles. The van der Waals surface area contributed by atoms with Gasteiger partial charge >= 0.3 is 0 Å². The normalized spacial score (nSPS) is 11.8. The number of nitriles is 1. The zero-order valence-corrected chi connectivity index (χ0v) is 15.4. The van der Waals surface area contributed by atoms with E-state index in [1.807, 2.05) is 63.2 Å². The van der Waals surface area contributed by atoms with Crippen molar-refractivity contribution in [2.75, 3.05) is 5.32 Å². The van der Waals surface area contributed by atoms with Crippen LogP contribution in [0, 0.1) is 18.3 Å². The zero-order valence-electron chi connectivity index (χ0n) is 15.4. The van der Waals surface area contributed by atoms with Gasteiger partial charge in [-0.25, -0.2) is 9.97 Å². The van der Waals surface area contributed by atoms with Crippen molar-refractivity contribution in [2.45, 2.75) is 32.8 Å². The van der Waals surface area contributed by atoms with Gasteiger partial charge in [0.2, 0.25) is 11.8 Å². The Labute approximate surface area is 157 Å². The van der Waals surface area contributed by atoms with Gasteiger partial charge in [-0.3, -0.25) is 4.79 Å². The van der Waals surface area contributed by atoms with Gasteiger partial charge in [0.15, 0.2) is 5.92 Å². The topological polar surface area (TPSA) is 87.9 Å². The van der Waals surface area contributed by atoms with E-state index < -0.39 is 11.8 Å². The minimum atomic E-state index is -1.14. The monoisotopic (exact) mass is 360 g/mol. The van der Waals surface area contributed by atoms with E-state index in [0.717, 1.165) is 5.56 Å². The summed E-state index contributed by atoms with van der Waals surface area (Å²) in [6.45, 7) is 5.64. The van der Waals surface area contributed by atoms with Gasteiger partial charge in [-0.1, -0.05) is 24.3 Å². The number of para-hydroxylation sites is 2. The fraction of sp³-hybridized carbons (Fsp3) is 0.238. The number of amides is 1. The molecule has 1 N–H and O–H groups in total. The highest BCUT2D eigenvalue weighted by molar-refractivity contribution is 5.98. The third kappa shape index (κ3) is 4.21. The van der Waals surface area contributed by atoms with Crippen LogP contribution in [0.4, 0.5) is 5.69 Å². The molecule has 1 aromatic heterocycles. The lowest BCUT2D eigenvalue weighted by Gasteiger charge is -2.16. The van der Waals surface area contributed by atoms with Gasteiger partial charge in [0.05, 0.1) is 23.2 Å². The van der Waals surface area contributed by atoms with E-state index in [1.165, 1.54) is 0 Å². The number of aryl methyl sites for hydroxylation is 1. The second-order valence-electron chi connectivity index (χ2n) is 6.49. The van der Waals surface area contributed by atoms with Gasteiger partial charge in [-0.2, -0.15) is 5.26 Å². The number of nitrogens with one attached hydrogen (secondary N) is 1. The van der Waals surface area contributed by atoms with Crippen LogP contribution in [0.3, 0.4) is 0 Å². The number of rotatable bonds is 5. The smallest absolute Gasteiger partial charge is 0.248 e. The number of aromatic nitrogens is 2. The largest absolute Gasteiger partial charge is 0.474 e. The van der Waals surface area contributed by atoms with Gasteiger partial charge in [-0.05, 0) is 50.6 Å². The fourth-order valence-electron chi connectivity index (χ4n) is 2.68. The molecule has 136 valence electrons. The molecule has 3 rings (SSSR count). The van der Waals surface area contributed by atoms with Crippen molar-refractivity contribution in [1.29, 1.82) is 5.26 Å². The van der Waals surface area contributed by atoms with E-state index in [1.54, 1.807) is 12.1 Å². The lowest BCUT2D eigenvalue weighted by molar-refractivity contribution is -0.116. The maximum absolute atomic E-state index is 12.8. The molecule has 1 amide bonds. The molecule has 0 aliphatic carbocycles. The van der Waals surface area contributed by atoms with Crippen LogP contribution in [0.1, 0.15) is 31.0 Å². The Bertz CT molecular complexity index is 1020. The Morgan fingerprint density at radius 1 is 1.11 bits per heavy atom. The Morgan fingerprint density at radius 2 is 1.81 bits per heavy atom. The molecule has 3 aromatic rings. The molecule has 6 heteroatoms. The third-order valence-electron chi connectivity index (χ3n) is 3.86. The molecular formula is C21H20N4O2. The summed E-state index contributed by atoms with van der Waals surface area (Å²) in [6.07, 6.45) is -0.168. The molecule has 0 aliphatic heterocycles. The Balaban J connectivity index is 2.01. The highest BCUT2D eigenvalue weighted by Gasteiger charge is 2.28. The van der Waals surface area contributed by atoms with E-state index in [-0.39, 0.29) is 17.7 Å². The average Bonchev–Trinajstić information content (AvgIpc) is 2.62. The summed E-state index contributed by atoms with van der Waals surface area (Å²) in [5.41, 5.74) is 3.10. The first-order chi connectivity index (χ1) is 13.0. The molecule has 0 spiro atoms. The zero-order chi connectivity index (χ0) is 19.4. The van der Waals surface area contributed by atoms with Crippen LogP contribution in [-0.4, -0.2) is 22.0 Å². The van der Waals surface area contributed by atoms with E-state index in [0.29, 0.717) is 16.7 Å². The van der Waals surface area contributed by atoms with E-state index in [2.05, 4.69) is 15.3 Å². The first kappa shape index (κ1) is 18.3. The Hall–Kier alpha value is -3.46. The number of carbonyl (C=O) groups is 1. The third-order valence-corrected chi connectivity index (χ3v) is 3.86. The van der Waals surface area contributed by atoms with Crippen molar-refractivity contribution in [1.82, 2.24) is 9.97 Å². The van der Waals surface area contributed by atoms with Crippen molar-refractivity contribution >= 4 is 22.6 Å². The number of carbonyl (C=O) groups excluding carboxylic acids is 1. The quantitative estimate of drug-likeness (QED) is 0.744. The minimum absolute atomic E-state index is 0.168. The van der Waals surface area contributed by atoms with E-state index in [9.17, 15) is 10.1 Å². The van der Waals surface area contributed by atoms with Gasteiger partial charge < -0.3 is 10.1 Å². The number of ether oxygens (including phenoxy) is 1.